The Morgan fingerprint density at radius 1 is 1.22 bits per heavy atom. The maximum Gasteiger partial charge on any atom is 0.130 e. The summed E-state index contributed by atoms with van der Waals surface area (Å²) in [6, 6.07) is 15.2. The van der Waals surface area contributed by atoms with Gasteiger partial charge in [0.25, 0.3) is 0 Å². The highest BCUT2D eigenvalue weighted by Gasteiger charge is 2.03. The lowest BCUT2D eigenvalue weighted by atomic mass is 9.96. The normalized spacial score (nSPS) is 9.78. The Bertz CT molecular complexity index is 602. The van der Waals surface area contributed by atoms with Crippen molar-refractivity contribution in [3.63, 3.8) is 0 Å². The average Bonchev–Trinajstić information content (AvgIpc) is 2.34. The molecular formula is C15H12BNO. The number of nitriles is 1. The molecule has 0 saturated heterocycles. The molecule has 0 saturated carbocycles. The second-order valence-corrected chi connectivity index (χ2v) is 4.11. The van der Waals surface area contributed by atoms with Gasteiger partial charge in [-0.1, -0.05) is 29.7 Å². The molecule has 0 fully saturated rings. The molecule has 0 aliphatic heterocycles. The van der Waals surface area contributed by atoms with E-state index in [0.29, 0.717) is 17.6 Å². The second-order valence-electron chi connectivity index (χ2n) is 4.11. The van der Waals surface area contributed by atoms with Gasteiger partial charge < -0.3 is 4.74 Å². The molecular weight excluding hydrogens is 221 g/mol. The molecule has 0 unspecified atom stereocenters. The monoisotopic (exact) mass is 233 g/mol. The first-order valence-corrected chi connectivity index (χ1v) is 5.69. The summed E-state index contributed by atoms with van der Waals surface area (Å²) in [7, 11) is 5.70. The molecule has 2 aromatic carbocycles. The van der Waals surface area contributed by atoms with E-state index in [-0.39, 0.29) is 0 Å². The first-order chi connectivity index (χ1) is 8.69. The van der Waals surface area contributed by atoms with E-state index < -0.39 is 0 Å². The van der Waals surface area contributed by atoms with Crippen LogP contribution in [0.25, 0.3) is 0 Å². The standard InChI is InChI=1S/C15H12BNO/c1-11-5-6-12(7-8-17)9-15(11)18-14-4-2-3-13(16)10-14/h2-6,9-10H,7H2,1H3. The lowest BCUT2D eigenvalue weighted by molar-refractivity contribution is 0.479. The van der Waals surface area contributed by atoms with Crippen molar-refractivity contribution in [1.29, 1.82) is 5.26 Å². The molecule has 3 heteroatoms. The summed E-state index contributed by atoms with van der Waals surface area (Å²) < 4.78 is 5.79. The number of hydrogen-bond donors (Lipinski definition) is 0. The average molecular weight is 233 g/mol. The second kappa shape index (κ2) is 5.42. The minimum absolute atomic E-state index is 0.383. The van der Waals surface area contributed by atoms with E-state index in [1.165, 1.54) is 0 Å². The van der Waals surface area contributed by atoms with Crippen molar-refractivity contribution in [3.8, 4) is 17.6 Å². The molecule has 2 radical (unpaired) electrons. The Labute approximate surface area is 108 Å². The fourth-order valence-electron chi connectivity index (χ4n) is 1.66. The molecule has 0 atom stereocenters. The number of nitrogens with zero attached hydrogens (tertiary/aromatic N) is 1. The Hall–Kier alpha value is -2.21. The van der Waals surface area contributed by atoms with Gasteiger partial charge in [0.15, 0.2) is 0 Å². The van der Waals surface area contributed by atoms with Gasteiger partial charge in [-0.2, -0.15) is 5.26 Å². The number of ether oxygens (including phenoxy) is 1. The summed E-state index contributed by atoms with van der Waals surface area (Å²) in [6.07, 6.45) is 0.383. The first kappa shape index (κ1) is 12.3. The number of hydrogen-bond acceptors (Lipinski definition) is 2. The van der Waals surface area contributed by atoms with Gasteiger partial charge in [-0.25, -0.2) is 0 Å². The summed E-state index contributed by atoms with van der Waals surface area (Å²) in [5.74, 6) is 1.46. The van der Waals surface area contributed by atoms with Crippen LogP contribution in [0.15, 0.2) is 42.5 Å². The zero-order chi connectivity index (χ0) is 13.0. The topological polar surface area (TPSA) is 33.0 Å². The van der Waals surface area contributed by atoms with Crippen LogP contribution in [0.3, 0.4) is 0 Å². The van der Waals surface area contributed by atoms with Crippen molar-refractivity contribution in [2.24, 2.45) is 0 Å². The van der Waals surface area contributed by atoms with Crippen LogP contribution in [0, 0.1) is 18.3 Å². The summed E-state index contributed by atoms with van der Waals surface area (Å²) in [5, 5.41) is 8.70. The minimum Gasteiger partial charge on any atom is -0.457 e. The van der Waals surface area contributed by atoms with Gasteiger partial charge in [-0.3, -0.25) is 0 Å². The maximum absolute atomic E-state index is 8.70. The Morgan fingerprint density at radius 3 is 2.78 bits per heavy atom. The molecule has 18 heavy (non-hydrogen) atoms. The summed E-state index contributed by atoms with van der Waals surface area (Å²) in [5.41, 5.74) is 2.64. The van der Waals surface area contributed by atoms with Crippen LogP contribution in [0.2, 0.25) is 0 Å². The van der Waals surface area contributed by atoms with E-state index >= 15 is 0 Å². The number of rotatable bonds is 3. The fraction of sp³-hybridized carbons (Fsp3) is 0.133. The lowest BCUT2D eigenvalue weighted by Crippen LogP contribution is -2.01. The zero-order valence-electron chi connectivity index (χ0n) is 10.2. The van der Waals surface area contributed by atoms with Crippen LogP contribution in [0.4, 0.5) is 0 Å². The highest BCUT2D eigenvalue weighted by molar-refractivity contribution is 6.32. The van der Waals surface area contributed by atoms with Gasteiger partial charge in [0.1, 0.15) is 19.3 Å². The summed E-state index contributed by atoms with van der Waals surface area (Å²) in [4.78, 5) is 0. The smallest absolute Gasteiger partial charge is 0.130 e. The lowest BCUT2D eigenvalue weighted by Gasteiger charge is -2.10. The van der Waals surface area contributed by atoms with E-state index in [2.05, 4.69) is 6.07 Å². The Morgan fingerprint density at radius 2 is 2.06 bits per heavy atom. The Balaban J connectivity index is 2.28. The van der Waals surface area contributed by atoms with Gasteiger partial charge in [-0.05, 0) is 36.2 Å². The van der Waals surface area contributed by atoms with Crippen LogP contribution in [0.1, 0.15) is 11.1 Å². The Kier molecular flexibility index (Phi) is 3.69. The number of benzene rings is 2. The fourth-order valence-corrected chi connectivity index (χ4v) is 1.66. The van der Waals surface area contributed by atoms with Gasteiger partial charge >= 0.3 is 0 Å². The van der Waals surface area contributed by atoms with Crippen LogP contribution < -0.4 is 10.2 Å². The maximum atomic E-state index is 8.70. The molecule has 0 N–H and O–H groups in total. The zero-order valence-corrected chi connectivity index (χ0v) is 10.2. The molecule has 2 nitrogen and oxygen atoms in total. The van der Waals surface area contributed by atoms with Crippen LogP contribution in [-0.2, 0) is 6.42 Å². The van der Waals surface area contributed by atoms with Crippen molar-refractivity contribution >= 4 is 13.3 Å². The molecule has 0 aliphatic rings. The third-order valence-electron chi connectivity index (χ3n) is 2.62. The highest BCUT2D eigenvalue weighted by atomic mass is 16.5. The van der Waals surface area contributed by atoms with Gasteiger partial charge in [0, 0.05) is 0 Å². The molecule has 2 rings (SSSR count). The van der Waals surface area contributed by atoms with Gasteiger partial charge in [0.05, 0.1) is 12.5 Å². The molecule has 0 aromatic heterocycles. The molecule has 86 valence electrons. The molecule has 2 aromatic rings. The van der Waals surface area contributed by atoms with Crippen molar-refractivity contribution < 1.29 is 4.74 Å². The predicted octanol–water partition coefficient (Wildman–Crippen LogP) is 2.65. The van der Waals surface area contributed by atoms with Gasteiger partial charge in [0.2, 0.25) is 0 Å². The molecule has 0 heterocycles. The van der Waals surface area contributed by atoms with Crippen LogP contribution >= 0.6 is 0 Å². The van der Waals surface area contributed by atoms with E-state index in [1.54, 1.807) is 6.07 Å². The van der Waals surface area contributed by atoms with E-state index in [1.807, 2.05) is 43.3 Å². The summed E-state index contributed by atoms with van der Waals surface area (Å²) in [6.45, 7) is 1.97. The minimum atomic E-state index is 0.383. The molecule has 0 aliphatic carbocycles. The number of aryl methyl sites for hydroxylation is 1. The van der Waals surface area contributed by atoms with E-state index in [9.17, 15) is 0 Å². The van der Waals surface area contributed by atoms with Gasteiger partial charge in [-0.15, -0.1) is 0 Å². The highest BCUT2D eigenvalue weighted by Crippen LogP contribution is 2.25. The van der Waals surface area contributed by atoms with Crippen molar-refractivity contribution in [3.05, 3.63) is 53.6 Å². The first-order valence-electron chi connectivity index (χ1n) is 5.69. The van der Waals surface area contributed by atoms with E-state index in [0.717, 1.165) is 16.9 Å². The SMILES string of the molecule is [B]c1cccc(Oc2cc(CC#N)ccc2C)c1. The van der Waals surface area contributed by atoms with Crippen molar-refractivity contribution in [2.75, 3.05) is 0 Å². The van der Waals surface area contributed by atoms with E-state index in [4.69, 9.17) is 17.8 Å². The van der Waals surface area contributed by atoms with Crippen LogP contribution in [-0.4, -0.2) is 7.85 Å². The molecule has 0 amide bonds. The largest absolute Gasteiger partial charge is 0.457 e. The van der Waals surface area contributed by atoms with Crippen molar-refractivity contribution in [2.45, 2.75) is 13.3 Å². The quantitative estimate of drug-likeness (QED) is 0.763. The van der Waals surface area contributed by atoms with Crippen molar-refractivity contribution in [1.82, 2.24) is 0 Å². The third-order valence-corrected chi connectivity index (χ3v) is 2.62. The molecule has 0 bridgehead atoms. The summed E-state index contributed by atoms with van der Waals surface area (Å²) >= 11 is 0. The predicted molar refractivity (Wildman–Crippen MR) is 72.4 cm³/mol. The van der Waals surface area contributed by atoms with Crippen LogP contribution in [0.5, 0.6) is 11.5 Å². The molecule has 0 spiro atoms. The third kappa shape index (κ3) is 2.92.